The van der Waals surface area contributed by atoms with Gasteiger partial charge in [-0.15, -0.1) is 0 Å². The summed E-state index contributed by atoms with van der Waals surface area (Å²) in [6, 6.07) is 12.5. The number of ether oxygens (including phenoxy) is 1. The van der Waals surface area contributed by atoms with Gasteiger partial charge < -0.3 is 19.5 Å². The Morgan fingerprint density at radius 2 is 1.94 bits per heavy atom. The van der Waals surface area contributed by atoms with Crippen molar-refractivity contribution < 1.29 is 4.74 Å². The summed E-state index contributed by atoms with van der Waals surface area (Å²) >= 11 is 5.88. The molecule has 0 spiro atoms. The van der Waals surface area contributed by atoms with Crippen LogP contribution in [-0.4, -0.2) is 68.8 Å². The molecule has 7 nitrogen and oxygen atoms in total. The summed E-state index contributed by atoms with van der Waals surface area (Å²) < 4.78 is 7.78. The zero-order chi connectivity index (χ0) is 23.5. The second kappa shape index (κ2) is 10.2. The third-order valence-electron chi connectivity index (χ3n) is 6.87. The van der Waals surface area contributed by atoms with Crippen LogP contribution in [0.15, 0.2) is 55.0 Å². The molecule has 0 amide bonds. The van der Waals surface area contributed by atoms with E-state index in [0.29, 0.717) is 0 Å². The van der Waals surface area contributed by atoms with Crippen LogP contribution in [0.2, 0.25) is 0 Å². The van der Waals surface area contributed by atoms with E-state index in [2.05, 4.69) is 61.7 Å². The van der Waals surface area contributed by atoms with E-state index in [1.54, 1.807) is 0 Å². The van der Waals surface area contributed by atoms with Gasteiger partial charge in [-0.05, 0) is 68.4 Å². The van der Waals surface area contributed by atoms with E-state index in [-0.39, 0.29) is 12.1 Å². The Labute approximate surface area is 206 Å². The summed E-state index contributed by atoms with van der Waals surface area (Å²) in [5, 5.41) is 4.39. The molecule has 0 aliphatic carbocycles. The smallest absolute Gasteiger partial charge is 0.170 e. The number of aryl methyl sites for hydroxylation is 1. The van der Waals surface area contributed by atoms with Gasteiger partial charge in [-0.25, -0.2) is 0 Å². The molecule has 3 aromatic rings. The molecule has 2 aliphatic rings. The Morgan fingerprint density at radius 1 is 1.09 bits per heavy atom. The minimum atomic E-state index is -0.0000602. The largest absolute Gasteiger partial charge is 0.379 e. The third kappa shape index (κ3) is 4.58. The number of hydrogen-bond acceptors (Lipinski definition) is 5. The lowest BCUT2D eigenvalue weighted by Crippen LogP contribution is -2.39. The fourth-order valence-corrected chi connectivity index (χ4v) is 5.58. The second-order valence-electron chi connectivity index (χ2n) is 9.00. The predicted molar refractivity (Wildman–Crippen MR) is 137 cm³/mol. The Hall–Kier alpha value is -2.81. The van der Waals surface area contributed by atoms with Crippen LogP contribution in [0.4, 0.5) is 0 Å². The molecule has 8 heteroatoms. The normalized spacial score (nSPS) is 21.1. The van der Waals surface area contributed by atoms with Gasteiger partial charge in [0.05, 0.1) is 42.9 Å². The van der Waals surface area contributed by atoms with Crippen molar-refractivity contribution in [3.8, 4) is 5.69 Å². The Kier molecular flexibility index (Phi) is 6.89. The summed E-state index contributed by atoms with van der Waals surface area (Å²) in [6.07, 6.45) is 6.63. The SMILES string of the molecule is Cc1cc([C@H]2[C@H](c3ccccn3)NC(=S)N2CCCN2CCOCC2)c(C)n1-c1cccnc1. The zero-order valence-corrected chi connectivity index (χ0v) is 20.7. The number of pyridine rings is 2. The zero-order valence-electron chi connectivity index (χ0n) is 19.9. The maximum atomic E-state index is 5.88. The van der Waals surface area contributed by atoms with E-state index in [9.17, 15) is 0 Å². The molecule has 0 bridgehead atoms. The number of thiocarbonyl (C=S) groups is 1. The van der Waals surface area contributed by atoms with Crippen molar-refractivity contribution >= 4 is 17.3 Å². The second-order valence-corrected chi connectivity index (χ2v) is 9.39. The highest BCUT2D eigenvalue weighted by Gasteiger charge is 2.41. The molecular formula is C26H32N6OS. The number of morpholine rings is 1. The van der Waals surface area contributed by atoms with E-state index in [0.717, 1.165) is 62.3 Å². The molecule has 2 fully saturated rings. The van der Waals surface area contributed by atoms with Crippen molar-refractivity contribution in [2.24, 2.45) is 0 Å². The van der Waals surface area contributed by atoms with Crippen LogP contribution in [0, 0.1) is 13.8 Å². The highest BCUT2D eigenvalue weighted by atomic mass is 32.1. The number of rotatable bonds is 7. The minimum Gasteiger partial charge on any atom is -0.379 e. The van der Waals surface area contributed by atoms with E-state index < -0.39 is 0 Å². The molecule has 178 valence electrons. The standard InChI is InChI=1S/C26H32N6OS/c1-19-17-22(20(2)32(19)21-7-5-9-27-18-21)25-24(23-8-3-4-10-28-23)29-26(34)31(25)12-6-11-30-13-15-33-16-14-30/h3-5,7-10,17-18,24-25H,6,11-16H2,1-2H3,(H,29,34)/t24-,25-/m0/s1. The number of nitrogens with one attached hydrogen (secondary N) is 1. The van der Waals surface area contributed by atoms with E-state index in [1.807, 2.05) is 36.8 Å². The molecule has 5 heterocycles. The average Bonchev–Trinajstić information content (AvgIpc) is 3.35. The summed E-state index contributed by atoms with van der Waals surface area (Å²) in [4.78, 5) is 13.9. The maximum absolute atomic E-state index is 5.88. The van der Waals surface area contributed by atoms with Crippen molar-refractivity contribution in [3.05, 3.63) is 77.6 Å². The van der Waals surface area contributed by atoms with Gasteiger partial charge in [-0.2, -0.15) is 0 Å². The van der Waals surface area contributed by atoms with Crippen LogP contribution in [0.25, 0.3) is 5.69 Å². The monoisotopic (exact) mass is 476 g/mol. The Bertz CT molecular complexity index is 1110. The van der Waals surface area contributed by atoms with E-state index in [1.165, 1.54) is 17.0 Å². The van der Waals surface area contributed by atoms with E-state index in [4.69, 9.17) is 17.0 Å². The quantitative estimate of drug-likeness (QED) is 0.523. The van der Waals surface area contributed by atoms with Gasteiger partial charge >= 0.3 is 0 Å². The van der Waals surface area contributed by atoms with Crippen molar-refractivity contribution in [2.45, 2.75) is 32.4 Å². The van der Waals surface area contributed by atoms with Crippen LogP contribution in [-0.2, 0) is 4.74 Å². The first-order valence-electron chi connectivity index (χ1n) is 12.0. The highest BCUT2D eigenvalue weighted by Crippen LogP contribution is 2.41. The van der Waals surface area contributed by atoms with Gasteiger partial charge in [-0.1, -0.05) is 6.07 Å². The van der Waals surface area contributed by atoms with Gasteiger partial charge in [0.2, 0.25) is 0 Å². The first kappa shape index (κ1) is 23.0. The van der Waals surface area contributed by atoms with Gasteiger partial charge in [0.1, 0.15) is 0 Å². The van der Waals surface area contributed by atoms with Gasteiger partial charge in [0, 0.05) is 50.0 Å². The lowest BCUT2D eigenvalue weighted by atomic mass is 9.96. The number of hydrogen-bond donors (Lipinski definition) is 1. The molecule has 34 heavy (non-hydrogen) atoms. The van der Waals surface area contributed by atoms with Gasteiger partial charge in [0.25, 0.3) is 0 Å². The molecule has 0 unspecified atom stereocenters. The fourth-order valence-electron chi connectivity index (χ4n) is 5.24. The fraction of sp³-hybridized carbons (Fsp3) is 0.423. The predicted octanol–water partition coefficient (Wildman–Crippen LogP) is 3.58. The van der Waals surface area contributed by atoms with Crippen molar-refractivity contribution in [1.82, 2.24) is 29.7 Å². The minimum absolute atomic E-state index is 0.0000602. The molecule has 0 aromatic carbocycles. The van der Waals surface area contributed by atoms with Gasteiger partial charge in [-0.3, -0.25) is 14.9 Å². The number of nitrogens with zero attached hydrogens (tertiary/aromatic N) is 5. The average molecular weight is 477 g/mol. The molecule has 2 atom stereocenters. The van der Waals surface area contributed by atoms with E-state index >= 15 is 0 Å². The molecule has 5 rings (SSSR count). The lowest BCUT2D eigenvalue weighted by molar-refractivity contribution is 0.0365. The molecule has 0 saturated carbocycles. The molecule has 3 aromatic heterocycles. The molecular weight excluding hydrogens is 444 g/mol. The summed E-state index contributed by atoms with van der Waals surface area (Å²) in [5.41, 5.74) is 5.76. The van der Waals surface area contributed by atoms with Crippen LogP contribution >= 0.6 is 12.2 Å². The first-order chi connectivity index (χ1) is 16.6. The van der Waals surface area contributed by atoms with Crippen molar-refractivity contribution in [1.29, 1.82) is 0 Å². The molecule has 0 radical (unpaired) electrons. The Morgan fingerprint density at radius 3 is 2.68 bits per heavy atom. The highest BCUT2D eigenvalue weighted by molar-refractivity contribution is 7.80. The van der Waals surface area contributed by atoms with Crippen LogP contribution < -0.4 is 5.32 Å². The Balaban J connectivity index is 1.46. The van der Waals surface area contributed by atoms with Crippen LogP contribution in [0.1, 0.15) is 41.1 Å². The summed E-state index contributed by atoms with van der Waals surface area (Å²) in [5.74, 6) is 0. The van der Waals surface area contributed by atoms with Crippen LogP contribution in [0.5, 0.6) is 0 Å². The molecule has 2 aliphatic heterocycles. The van der Waals surface area contributed by atoms with Crippen molar-refractivity contribution in [2.75, 3.05) is 39.4 Å². The maximum Gasteiger partial charge on any atom is 0.170 e. The summed E-state index contributed by atoms with van der Waals surface area (Å²) in [6.45, 7) is 9.97. The summed E-state index contributed by atoms with van der Waals surface area (Å²) in [7, 11) is 0. The molecule has 2 saturated heterocycles. The lowest BCUT2D eigenvalue weighted by Gasteiger charge is -2.30. The van der Waals surface area contributed by atoms with Gasteiger partial charge in [0.15, 0.2) is 5.11 Å². The molecule has 1 N–H and O–H groups in total. The number of aromatic nitrogens is 3. The van der Waals surface area contributed by atoms with Crippen molar-refractivity contribution in [3.63, 3.8) is 0 Å². The first-order valence-corrected chi connectivity index (χ1v) is 12.4. The third-order valence-corrected chi connectivity index (χ3v) is 7.22. The topological polar surface area (TPSA) is 58.5 Å². The van der Waals surface area contributed by atoms with Crippen LogP contribution in [0.3, 0.4) is 0 Å².